The number of rotatable bonds is 9. The zero-order chi connectivity index (χ0) is 27.3. The molecule has 6 heteroatoms. The summed E-state index contributed by atoms with van der Waals surface area (Å²) < 4.78 is 5.90. The molecular weight excluding hydrogens is 498 g/mol. The van der Waals surface area contributed by atoms with E-state index in [2.05, 4.69) is 39.9 Å². The molecule has 3 atom stereocenters. The van der Waals surface area contributed by atoms with Crippen LogP contribution in [0.4, 0.5) is 0 Å². The Kier molecular flexibility index (Phi) is 8.17. The number of nitrogens with one attached hydrogen (secondary N) is 3. The average molecular weight is 538 g/mol. The molecule has 1 unspecified atom stereocenters. The number of aromatic amines is 1. The third kappa shape index (κ3) is 5.93. The van der Waals surface area contributed by atoms with Gasteiger partial charge in [-0.2, -0.15) is 0 Å². The van der Waals surface area contributed by atoms with Gasteiger partial charge in [-0.3, -0.25) is 10.1 Å². The third-order valence-electron chi connectivity index (χ3n) is 8.60. The van der Waals surface area contributed by atoms with Crippen LogP contribution in [0.25, 0.3) is 10.9 Å². The number of benzene rings is 3. The second-order valence-corrected chi connectivity index (χ2v) is 11.4. The lowest BCUT2D eigenvalue weighted by atomic mass is 9.79. The standard InChI is InChI=1S/C34H39N3O3/c38-21-26(19-23-15-17-27(18-16-23)40-22-24-9-3-1-4-10-24)35-34(39)31-20-29-28-13-7-8-14-30(28)36-33(29)32(37-31)25-11-5-2-6-12-25/h1,3-4,7-10,13-18,25-26,31-32,36-38H,2,5-6,11-12,19-22H2,(H,35,39)/t26?,31-,32+/m1/s1. The van der Waals surface area contributed by atoms with E-state index in [0.29, 0.717) is 25.4 Å². The quantitative estimate of drug-likeness (QED) is 0.224. The van der Waals surface area contributed by atoms with Crippen LogP contribution < -0.4 is 15.4 Å². The number of ether oxygens (including phenoxy) is 1. The molecule has 40 heavy (non-hydrogen) atoms. The summed E-state index contributed by atoms with van der Waals surface area (Å²) in [7, 11) is 0. The highest BCUT2D eigenvalue weighted by molar-refractivity contribution is 5.88. The van der Waals surface area contributed by atoms with Gasteiger partial charge in [-0.15, -0.1) is 0 Å². The van der Waals surface area contributed by atoms with Gasteiger partial charge in [0.15, 0.2) is 0 Å². The predicted octanol–water partition coefficient (Wildman–Crippen LogP) is 5.60. The summed E-state index contributed by atoms with van der Waals surface area (Å²) in [6.45, 7) is 0.402. The molecule has 1 aromatic heterocycles. The molecule has 4 N–H and O–H groups in total. The molecule has 0 saturated heterocycles. The SMILES string of the molecule is O=C(NC(CO)Cc1ccc(OCc2ccccc2)cc1)[C@H]1Cc2c([nH]c3ccccc23)[C@H](C2CCCCC2)N1. The van der Waals surface area contributed by atoms with E-state index in [1.165, 1.54) is 48.7 Å². The Morgan fingerprint density at radius 2 is 1.68 bits per heavy atom. The summed E-state index contributed by atoms with van der Waals surface area (Å²) in [5.41, 5.74) is 5.82. The van der Waals surface area contributed by atoms with Crippen molar-refractivity contribution in [1.82, 2.24) is 15.6 Å². The molecule has 0 radical (unpaired) electrons. The fourth-order valence-corrected chi connectivity index (χ4v) is 6.49. The van der Waals surface area contributed by atoms with E-state index >= 15 is 0 Å². The summed E-state index contributed by atoms with van der Waals surface area (Å²) in [4.78, 5) is 17.3. The van der Waals surface area contributed by atoms with Gasteiger partial charge in [0.1, 0.15) is 12.4 Å². The molecule has 6 nitrogen and oxygen atoms in total. The van der Waals surface area contributed by atoms with Crippen LogP contribution in [0, 0.1) is 5.92 Å². The number of aliphatic hydroxyl groups excluding tert-OH is 1. The molecule has 1 amide bonds. The van der Waals surface area contributed by atoms with Crippen LogP contribution >= 0.6 is 0 Å². The van der Waals surface area contributed by atoms with Crippen LogP contribution in [0.5, 0.6) is 5.75 Å². The maximum absolute atomic E-state index is 13.6. The van der Waals surface area contributed by atoms with Crippen LogP contribution in [0.3, 0.4) is 0 Å². The average Bonchev–Trinajstić information content (AvgIpc) is 3.39. The number of hydrogen-bond acceptors (Lipinski definition) is 4. The Morgan fingerprint density at radius 3 is 2.45 bits per heavy atom. The lowest BCUT2D eigenvalue weighted by Gasteiger charge is -2.37. The van der Waals surface area contributed by atoms with Crippen LogP contribution in [-0.4, -0.2) is 34.7 Å². The molecule has 1 aliphatic carbocycles. The Hall–Kier alpha value is -3.61. The Morgan fingerprint density at radius 1 is 0.925 bits per heavy atom. The minimum atomic E-state index is -0.358. The molecule has 208 valence electrons. The second-order valence-electron chi connectivity index (χ2n) is 11.4. The van der Waals surface area contributed by atoms with Gasteiger partial charge in [0.2, 0.25) is 5.91 Å². The fourth-order valence-electron chi connectivity index (χ4n) is 6.49. The maximum atomic E-state index is 13.6. The summed E-state index contributed by atoms with van der Waals surface area (Å²) in [5, 5.41) is 18.2. The zero-order valence-corrected chi connectivity index (χ0v) is 22.9. The Bertz CT molecular complexity index is 1410. The molecule has 1 saturated carbocycles. The number of carbonyl (C=O) groups is 1. The van der Waals surface area contributed by atoms with Gasteiger partial charge in [0.25, 0.3) is 0 Å². The lowest BCUT2D eigenvalue weighted by Crippen LogP contribution is -2.54. The molecule has 0 bridgehead atoms. The van der Waals surface area contributed by atoms with Gasteiger partial charge >= 0.3 is 0 Å². The second kappa shape index (κ2) is 12.3. The summed E-state index contributed by atoms with van der Waals surface area (Å²) in [6.07, 6.45) is 7.36. The van der Waals surface area contributed by atoms with E-state index in [-0.39, 0.29) is 30.6 Å². The number of aliphatic hydroxyl groups is 1. The van der Waals surface area contributed by atoms with Gasteiger partial charge < -0.3 is 20.1 Å². The zero-order valence-electron chi connectivity index (χ0n) is 22.9. The summed E-state index contributed by atoms with van der Waals surface area (Å²) in [5.74, 6) is 1.28. The maximum Gasteiger partial charge on any atom is 0.237 e. The number of aromatic nitrogens is 1. The van der Waals surface area contributed by atoms with Crippen LogP contribution in [-0.2, 0) is 24.2 Å². The van der Waals surface area contributed by atoms with Crippen LogP contribution in [0.1, 0.15) is 60.5 Å². The van der Waals surface area contributed by atoms with Gasteiger partial charge in [-0.05, 0) is 66.5 Å². The molecule has 2 heterocycles. The highest BCUT2D eigenvalue weighted by Gasteiger charge is 2.37. The molecule has 1 fully saturated rings. The first kappa shape index (κ1) is 26.6. The smallest absolute Gasteiger partial charge is 0.237 e. The van der Waals surface area contributed by atoms with Crippen LogP contribution in [0.2, 0.25) is 0 Å². The topological polar surface area (TPSA) is 86.4 Å². The molecular formula is C34H39N3O3. The predicted molar refractivity (Wildman–Crippen MR) is 158 cm³/mol. The minimum absolute atomic E-state index is 0.0430. The van der Waals surface area contributed by atoms with Crippen molar-refractivity contribution in [1.29, 1.82) is 0 Å². The van der Waals surface area contributed by atoms with Crippen molar-refractivity contribution in [2.75, 3.05) is 6.61 Å². The molecule has 0 spiro atoms. The minimum Gasteiger partial charge on any atom is -0.489 e. The Balaban J connectivity index is 1.12. The Labute approximate surface area is 236 Å². The highest BCUT2D eigenvalue weighted by Crippen LogP contribution is 2.40. The van der Waals surface area contributed by atoms with Gasteiger partial charge in [-0.25, -0.2) is 0 Å². The largest absolute Gasteiger partial charge is 0.489 e. The van der Waals surface area contributed by atoms with Crippen molar-refractivity contribution in [2.24, 2.45) is 5.92 Å². The van der Waals surface area contributed by atoms with E-state index in [4.69, 9.17) is 4.74 Å². The van der Waals surface area contributed by atoms with Gasteiger partial charge in [0, 0.05) is 16.6 Å². The molecule has 2 aliphatic rings. The fraction of sp³-hybridized carbons (Fsp3) is 0.382. The third-order valence-corrected chi connectivity index (χ3v) is 8.60. The first-order valence-electron chi connectivity index (χ1n) is 14.7. The van der Waals surface area contributed by atoms with Crippen molar-refractivity contribution in [3.05, 3.63) is 101 Å². The first-order chi connectivity index (χ1) is 19.7. The lowest BCUT2D eigenvalue weighted by molar-refractivity contribution is -0.124. The number of H-pyrrole nitrogens is 1. The number of amides is 1. The number of para-hydroxylation sites is 1. The molecule has 1 aliphatic heterocycles. The van der Waals surface area contributed by atoms with E-state index in [9.17, 15) is 9.90 Å². The van der Waals surface area contributed by atoms with E-state index in [1.54, 1.807) is 0 Å². The number of fused-ring (bicyclic) bond motifs is 3. The number of carbonyl (C=O) groups excluding carboxylic acids is 1. The van der Waals surface area contributed by atoms with Crippen LogP contribution in [0.15, 0.2) is 78.9 Å². The molecule has 4 aromatic rings. The molecule has 3 aromatic carbocycles. The van der Waals surface area contributed by atoms with Crippen molar-refractivity contribution in [2.45, 2.75) is 69.7 Å². The summed E-state index contributed by atoms with van der Waals surface area (Å²) >= 11 is 0. The van der Waals surface area contributed by atoms with Gasteiger partial charge in [0.05, 0.1) is 24.7 Å². The van der Waals surface area contributed by atoms with Crippen molar-refractivity contribution in [3.63, 3.8) is 0 Å². The normalized spacial score (nSPS) is 20.1. The number of hydrogen-bond donors (Lipinski definition) is 4. The van der Waals surface area contributed by atoms with E-state index in [0.717, 1.165) is 22.4 Å². The van der Waals surface area contributed by atoms with Gasteiger partial charge in [-0.1, -0.05) is 79.9 Å². The van der Waals surface area contributed by atoms with Crippen molar-refractivity contribution < 1.29 is 14.6 Å². The monoisotopic (exact) mass is 537 g/mol. The summed E-state index contributed by atoms with van der Waals surface area (Å²) in [6, 6.07) is 25.9. The highest BCUT2D eigenvalue weighted by atomic mass is 16.5. The van der Waals surface area contributed by atoms with Crippen molar-refractivity contribution in [3.8, 4) is 5.75 Å². The molecule has 6 rings (SSSR count). The van der Waals surface area contributed by atoms with E-state index in [1.807, 2.05) is 54.6 Å². The van der Waals surface area contributed by atoms with Crippen molar-refractivity contribution >= 4 is 16.8 Å². The van der Waals surface area contributed by atoms with E-state index < -0.39 is 0 Å². The first-order valence-corrected chi connectivity index (χ1v) is 14.7.